The normalized spacial score (nSPS) is 11.6. The molecule has 4 aromatic rings. The first-order valence-corrected chi connectivity index (χ1v) is 14.7. The summed E-state index contributed by atoms with van der Waals surface area (Å²) < 4.78 is 3.94. The predicted molar refractivity (Wildman–Crippen MR) is 157 cm³/mol. The molecule has 0 saturated heterocycles. The average Bonchev–Trinajstić information content (AvgIpc) is 3.56. The van der Waals surface area contributed by atoms with E-state index in [2.05, 4.69) is 68.4 Å². The second-order valence-corrected chi connectivity index (χ2v) is 10.6. The molecular formula is C28H36N8S2+2. The van der Waals surface area contributed by atoms with E-state index in [-0.39, 0.29) is 0 Å². The van der Waals surface area contributed by atoms with Gasteiger partial charge in [-0.15, -0.1) is 0 Å². The van der Waals surface area contributed by atoms with Crippen LogP contribution in [0.4, 0.5) is 33.0 Å². The number of rotatable bonds is 13. The molecular weight excluding hydrogens is 512 g/mol. The van der Waals surface area contributed by atoms with E-state index in [0.717, 1.165) is 60.7 Å². The van der Waals surface area contributed by atoms with Crippen LogP contribution in [0, 0.1) is 0 Å². The minimum atomic E-state index is 0.866. The maximum atomic E-state index is 4.38. The quantitative estimate of drug-likeness (QED) is 0.0991. The van der Waals surface area contributed by atoms with Crippen molar-refractivity contribution in [2.45, 2.75) is 26.7 Å². The van der Waals surface area contributed by atoms with Crippen molar-refractivity contribution >= 4 is 55.7 Å². The van der Waals surface area contributed by atoms with Crippen LogP contribution >= 0.6 is 22.7 Å². The van der Waals surface area contributed by atoms with Crippen molar-refractivity contribution in [2.24, 2.45) is 34.6 Å². The van der Waals surface area contributed by atoms with Gasteiger partial charge in [0.15, 0.2) is 0 Å². The molecule has 0 fully saturated rings. The molecule has 0 N–H and O–H groups in total. The Bertz CT molecular complexity index is 1220. The maximum Gasteiger partial charge on any atom is 0.408 e. The second kappa shape index (κ2) is 13.9. The smallest absolute Gasteiger partial charge is 0.372 e. The summed E-state index contributed by atoms with van der Waals surface area (Å²) >= 11 is 3.16. The highest BCUT2D eigenvalue weighted by atomic mass is 32.1. The molecule has 0 unspecified atom stereocenters. The third kappa shape index (κ3) is 7.52. The standard InChI is InChI=1S/C28H36N8S2/c1-5-35(25-13-9-23(10-14-25)29-31-27-33(3)19-21-37-27)17-7-8-18-36(6-2)26-15-11-24(12-16-26)30-32-28-34(4)20-22-38-28/h9-16,19-22H,5-8,17-18H2,1-4H3/q+2. The molecule has 10 heteroatoms. The minimum Gasteiger partial charge on any atom is -0.372 e. The number of hydrogen-bond donors (Lipinski definition) is 0. The summed E-state index contributed by atoms with van der Waals surface area (Å²) in [4.78, 5) is 4.84. The van der Waals surface area contributed by atoms with Crippen LogP contribution in [0.2, 0.25) is 0 Å². The Labute approximate surface area is 233 Å². The van der Waals surface area contributed by atoms with Crippen molar-refractivity contribution in [1.82, 2.24) is 0 Å². The number of azo groups is 2. The number of unbranched alkanes of at least 4 members (excludes halogenated alkanes) is 1. The molecule has 0 aliphatic carbocycles. The van der Waals surface area contributed by atoms with Crippen molar-refractivity contribution < 1.29 is 9.13 Å². The molecule has 8 nitrogen and oxygen atoms in total. The van der Waals surface area contributed by atoms with Gasteiger partial charge in [0, 0.05) is 48.3 Å². The molecule has 38 heavy (non-hydrogen) atoms. The fraction of sp³-hybridized carbons (Fsp3) is 0.357. The van der Waals surface area contributed by atoms with E-state index in [0.29, 0.717) is 0 Å². The largest absolute Gasteiger partial charge is 0.408 e. The number of aryl methyl sites for hydroxylation is 2. The number of thiazole rings is 2. The van der Waals surface area contributed by atoms with Crippen LogP contribution in [0.15, 0.2) is 92.1 Å². The molecule has 2 heterocycles. The minimum absolute atomic E-state index is 0.866. The van der Waals surface area contributed by atoms with Gasteiger partial charge in [-0.05, 0) is 108 Å². The van der Waals surface area contributed by atoms with Gasteiger partial charge in [-0.2, -0.15) is 0 Å². The topological polar surface area (TPSA) is 63.7 Å². The second-order valence-electron chi connectivity index (χ2n) is 8.89. The number of aromatic nitrogens is 2. The lowest BCUT2D eigenvalue weighted by Crippen LogP contribution is -2.27. The zero-order valence-electron chi connectivity index (χ0n) is 22.6. The summed E-state index contributed by atoms with van der Waals surface area (Å²) in [5, 5.41) is 23.2. The van der Waals surface area contributed by atoms with E-state index in [4.69, 9.17) is 0 Å². The maximum absolute atomic E-state index is 4.38. The van der Waals surface area contributed by atoms with Gasteiger partial charge in [-0.3, -0.25) is 0 Å². The Morgan fingerprint density at radius 3 is 1.32 bits per heavy atom. The van der Waals surface area contributed by atoms with E-state index in [9.17, 15) is 0 Å². The molecule has 4 rings (SSSR count). The summed E-state index contributed by atoms with van der Waals surface area (Å²) in [5.74, 6) is 0. The lowest BCUT2D eigenvalue weighted by molar-refractivity contribution is -0.654. The zero-order chi connectivity index (χ0) is 26.7. The summed E-state index contributed by atoms with van der Waals surface area (Å²) in [6.07, 6.45) is 6.23. The van der Waals surface area contributed by atoms with E-state index < -0.39 is 0 Å². The van der Waals surface area contributed by atoms with Crippen molar-refractivity contribution in [3.8, 4) is 0 Å². The Hall–Kier alpha value is -3.50. The summed E-state index contributed by atoms with van der Waals surface area (Å²) in [6, 6.07) is 16.7. The van der Waals surface area contributed by atoms with Gasteiger partial charge in [-0.1, -0.05) is 0 Å². The Morgan fingerprint density at radius 1 is 0.605 bits per heavy atom. The lowest BCUT2D eigenvalue weighted by atomic mass is 10.2. The van der Waals surface area contributed by atoms with Gasteiger partial charge in [0.25, 0.3) is 0 Å². The fourth-order valence-corrected chi connectivity index (χ4v) is 5.41. The first-order valence-electron chi connectivity index (χ1n) is 13.0. The molecule has 0 aliphatic heterocycles. The average molecular weight is 549 g/mol. The highest BCUT2D eigenvalue weighted by Gasteiger charge is 2.10. The molecule has 198 valence electrons. The van der Waals surface area contributed by atoms with Crippen LogP contribution in [0.3, 0.4) is 0 Å². The van der Waals surface area contributed by atoms with Crippen LogP contribution < -0.4 is 18.9 Å². The van der Waals surface area contributed by atoms with E-state index in [1.165, 1.54) is 11.4 Å². The number of benzene rings is 2. The Balaban J connectivity index is 1.25. The Morgan fingerprint density at radius 2 is 1.00 bits per heavy atom. The molecule has 0 bridgehead atoms. The monoisotopic (exact) mass is 548 g/mol. The van der Waals surface area contributed by atoms with E-state index in [1.54, 1.807) is 22.7 Å². The van der Waals surface area contributed by atoms with Crippen LogP contribution in [-0.4, -0.2) is 26.2 Å². The van der Waals surface area contributed by atoms with Crippen LogP contribution in [-0.2, 0) is 14.1 Å². The van der Waals surface area contributed by atoms with Crippen molar-refractivity contribution in [3.63, 3.8) is 0 Å². The molecule has 0 atom stereocenters. The molecule has 0 spiro atoms. The van der Waals surface area contributed by atoms with E-state index in [1.807, 2.05) is 70.6 Å². The van der Waals surface area contributed by atoms with Crippen molar-refractivity contribution in [1.29, 1.82) is 0 Å². The summed E-state index contributed by atoms with van der Waals surface area (Å²) in [6.45, 7) is 8.42. The van der Waals surface area contributed by atoms with Gasteiger partial charge in [0.2, 0.25) is 0 Å². The van der Waals surface area contributed by atoms with Gasteiger partial charge in [-0.25, -0.2) is 9.13 Å². The van der Waals surface area contributed by atoms with Crippen LogP contribution in [0.25, 0.3) is 0 Å². The Kier molecular flexibility index (Phi) is 10.1. The van der Waals surface area contributed by atoms with Gasteiger partial charge in [0.05, 0.1) is 24.3 Å². The molecule has 2 aromatic carbocycles. The number of anilines is 2. The third-order valence-electron chi connectivity index (χ3n) is 6.32. The van der Waals surface area contributed by atoms with Crippen molar-refractivity contribution in [3.05, 3.63) is 71.7 Å². The van der Waals surface area contributed by atoms with Gasteiger partial charge < -0.3 is 9.80 Å². The first-order chi connectivity index (χ1) is 18.6. The highest BCUT2D eigenvalue weighted by Crippen LogP contribution is 2.24. The third-order valence-corrected chi connectivity index (χ3v) is 8.00. The number of hydrogen-bond acceptors (Lipinski definition) is 8. The summed E-state index contributed by atoms with van der Waals surface area (Å²) in [7, 11) is 3.95. The van der Waals surface area contributed by atoms with Gasteiger partial charge in [0.1, 0.15) is 23.8 Å². The zero-order valence-corrected chi connectivity index (χ0v) is 24.2. The van der Waals surface area contributed by atoms with Gasteiger partial charge >= 0.3 is 10.3 Å². The fourth-order valence-electron chi connectivity index (χ4n) is 4.05. The lowest BCUT2D eigenvalue weighted by Gasteiger charge is -2.26. The molecule has 0 aliphatic rings. The van der Waals surface area contributed by atoms with Crippen LogP contribution in [0.5, 0.6) is 0 Å². The van der Waals surface area contributed by atoms with E-state index >= 15 is 0 Å². The molecule has 0 saturated carbocycles. The SMILES string of the molecule is CCN(CCCCN(CC)c1ccc(N=Nc2scc[n+]2C)cc1)c1ccc(N=Nc2scc[n+]2C)cc1. The highest BCUT2D eigenvalue weighted by molar-refractivity contribution is 7.13. The molecule has 2 aromatic heterocycles. The number of nitrogens with zero attached hydrogens (tertiary/aromatic N) is 8. The van der Waals surface area contributed by atoms with Crippen LogP contribution in [0.1, 0.15) is 26.7 Å². The summed E-state index contributed by atoms with van der Waals surface area (Å²) in [5.41, 5.74) is 4.18. The molecule has 0 radical (unpaired) electrons. The first kappa shape index (κ1) is 27.5. The van der Waals surface area contributed by atoms with Crippen molar-refractivity contribution in [2.75, 3.05) is 36.0 Å². The predicted octanol–water partition coefficient (Wildman–Crippen LogP) is 7.42. The molecule has 0 amide bonds.